The summed E-state index contributed by atoms with van der Waals surface area (Å²) >= 11 is 0. The van der Waals surface area contributed by atoms with Crippen LogP contribution in [0.4, 0.5) is 5.69 Å². The molecule has 0 radical (unpaired) electrons. The number of esters is 1. The van der Waals surface area contributed by atoms with E-state index < -0.39 is 23.6 Å². The standard InChI is InChI=1S/C19H19NO6/c1-3-14-8-10-15(11-9-14)19(22)13(2)26-18(21)12-25-17-7-5-4-6-16(17)20(23)24/h4-11,13H,3,12H2,1-2H3/t13-/m0/s1. The SMILES string of the molecule is CCc1ccc(C(=O)[C@H](C)OC(=O)COc2ccccc2[N+](=O)[O-])cc1. The fourth-order valence-electron chi connectivity index (χ4n) is 2.29. The molecule has 0 aromatic heterocycles. The predicted molar refractivity (Wildman–Crippen MR) is 94.3 cm³/mol. The summed E-state index contributed by atoms with van der Waals surface area (Å²) in [5, 5.41) is 10.9. The van der Waals surface area contributed by atoms with E-state index in [1.165, 1.54) is 25.1 Å². The summed E-state index contributed by atoms with van der Waals surface area (Å²) in [6, 6.07) is 12.8. The number of nitrogens with zero attached hydrogens (tertiary/aromatic N) is 1. The predicted octanol–water partition coefficient (Wildman–Crippen LogP) is 3.35. The average Bonchev–Trinajstić information content (AvgIpc) is 2.66. The number of ether oxygens (including phenoxy) is 2. The number of para-hydroxylation sites is 2. The van der Waals surface area contributed by atoms with E-state index in [1.54, 1.807) is 18.2 Å². The van der Waals surface area contributed by atoms with Gasteiger partial charge in [-0.25, -0.2) is 4.79 Å². The van der Waals surface area contributed by atoms with Crippen molar-refractivity contribution in [2.24, 2.45) is 0 Å². The summed E-state index contributed by atoms with van der Waals surface area (Å²) in [7, 11) is 0. The second-order valence-corrected chi connectivity index (χ2v) is 5.56. The number of aryl methyl sites for hydroxylation is 1. The lowest BCUT2D eigenvalue weighted by atomic mass is 10.0. The Hall–Kier alpha value is -3.22. The lowest BCUT2D eigenvalue weighted by Gasteiger charge is -2.13. The normalized spacial score (nSPS) is 11.5. The molecule has 0 spiro atoms. The molecule has 0 amide bonds. The minimum atomic E-state index is -0.982. The Morgan fingerprint density at radius 2 is 1.77 bits per heavy atom. The van der Waals surface area contributed by atoms with Crippen LogP contribution in [0, 0.1) is 10.1 Å². The van der Waals surface area contributed by atoms with Crippen molar-refractivity contribution < 1.29 is 24.0 Å². The smallest absolute Gasteiger partial charge is 0.344 e. The number of hydrogen-bond acceptors (Lipinski definition) is 6. The van der Waals surface area contributed by atoms with Crippen LogP contribution >= 0.6 is 0 Å². The Kier molecular flexibility index (Phi) is 6.43. The van der Waals surface area contributed by atoms with Gasteiger partial charge < -0.3 is 9.47 Å². The number of ketones is 1. The molecule has 26 heavy (non-hydrogen) atoms. The Labute approximate surface area is 150 Å². The molecular formula is C19H19NO6. The van der Waals surface area contributed by atoms with Gasteiger partial charge in [-0.15, -0.1) is 0 Å². The molecule has 2 aromatic carbocycles. The third kappa shape index (κ3) is 4.89. The average molecular weight is 357 g/mol. The Morgan fingerprint density at radius 1 is 1.12 bits per heavy atom. The zero-order chi connectivity index (χ0) is 19.1. The first-order chi connectivity index (χ1) is 12.4. The summed E-state index contributed by atoms with van der Waals surface area (Å²) in [4.78, 5) is 34.5. The molecule has 7 heteroatoms. The number of carbonyl (C=O) groups is 2. The number of carbonyl (C=O) groups excluding carboxylic acids is 2. The van der Waals surface area contributed by atoms with E-state index in [1.807, 2.05) is 19.1 Å². The highest BCUT2D eigenvalue weighted by Crippen LogP contribution is 2.25. The van der Waals surface area contributed by atoms with Crippen molar-refractivity contribution in [2.45, 2.75) is 26.4 Å². The molecule has 0 aliphatic heterocycles. The van der Waals surface area contributed by atoms with E-state index in [0.29, 0.717) is 5.56 Å². The largest absolute Gasteiger partial charge is 0.475 e. The van der Waals surface area contributed by atoms with Gasteiger partial charge in [-0.05, 0) is 25.0 Å². The number of hydrogen-bond donors (Lipinski definition) is 0. The summed E-state index contributed by atoms with van der Waals surface area (Å²) in [5.41, 5.74) is 1.30. The number of rotatable bonds is 8. The number of benzene rings is 2. The van der Waals surface area contributed by atoms with Gasteiger partial charge in [0.2, 0.25) is 5.78 Å². The quantitative estimate of drug-likeness (QED) is 0.311. The molecular weight excluding hydrogens is 338 g/mol. The molecule has 2 aromatic rings. The lowest BCUT2D eigenvalue weighted by Crippen LogP contribution is -2.27. The third-order valence-corrected chi connectivity index (χ3v) is 3.73. The number of Topliss-reactive ketones (excluding diaryl/α,β-unsaturated/α-hetero) is 1. The molecule has 0 aliphatic carbocycles. The van der Waals surface area contributed by atoms with Gasteiger partial charge in [0.05, 0.1) is 4.92 Å². The van der Waals surface area contributed by atoms with E-state index in [4.69, 9.17) is 9.47 Å². The molecule has 0 bridgehead atoms. The first kappa shape index (κ1) is 19.1. The maximum absolute atomic E-state index is 12.3. The fourth-order valence-corrected chi connectivity index (χ4v) is 2.29. The Balaban J connectivity index is 1.92. The zero-order valence-electron chi connectivity index (χ0n) is 14.5. The molecule has 0 heterocycles. The van der Waals surface area contributed by atoms with Crippen LogP contribution in [0.2, 0.25) is 0 Å². The van der Waals surface area contributed by atoms with E-state index >= 15 is 0 Å². The highest BCUT2D eigenvalue weighted by molar-refractivity contribution is 6.00. The summed E-state index contributed by atoms with van der Waals surface area (Å²) in [6.07, 6.45) is -0.119. The van der Waals surface area contributed by atoms with Crippen LogP contribution in [-0.2, 0) is 16.0 Å². The van der Waals surface area contributed by atoms with Crippen molar-refractivity contribution in [3.63, 3.8) is 0 Å². The topological polar surface area (TPSA) is 95.7 Å². The molecule has 0 N–H and O–H groups in total. The fraction of sp³-hybridized carbons (Fsp3) is 0.263. The van der Waals surface area contributed by atoms with Gasteiger partial charge in [0.15, 0.2) is 18.5 Å². The minimum absolute atomic E-state index is 0.0383. The molecule has 0 unspecified atom stereocenters. The summed E-state index contributed by atoms with van der Waals surface area (Å²) in [6.45, 7) is 2.95. The molecule has 2 rings (SSSR count). The highest BCUT2D eigenvalue weighted by Gasteiger charge is 2.21. The molecule has 0 aliphatic rings. The van der Waals surface area contributed by atoms with Gasteiger partial charge in [-0.2, -0.15) is 0 Å². The van der Waals surface area contributed by atoms with Crippen LogP contribution in [0.3, 0.4) is 0 Å². The van der Waals surface area contributed by atoms with E-state index in [0.717, 1.165) is 12.0 Å². The van der Waals surface area contributed by atoms with Gasteiger partial charge in [0.1, 0.15) is 0 Å². The monoisotopic (exact) mass is 357 g/mol. The number of nitro benzene ring substituents is 1. The van der Waals surface area contributed by atoms with Gasteiger partial charge in [0, 0.05) is 11.6 Å². The minimum Gasteiger partial charge on any atom is -0.475 e. The second-order valence-electron chi connectivity index (χ2n) is 5.56. The van der Waals surface area contributed by atoms with Crippen molar-refractivity contribution in [2.75, 3.05) is 6.61 Å². The zero-order valence-corrected chi connectivity index (χ0v) is 14.5. The van der Waals surface area contributed by atoms with Gasteiger partial charge >= 0.3 is 11.7 Å². The van der Waals surface area contributed by atoms with E-state index in [-0.39, 0.29) is 17.2 Å². The van der Waals surface area contributed by atoms with Crippen LogP contribution in [0.5, 0.6) is 5.75 Å². The summed E-state index contributed by atoms with van der Waals surface area (Å²) < 4.78 is 10.2. The molecule has 0 fully saturated rings. The number of nitro groups is 1. The lowest BCUT2D eigenvalue weighted by molar-refractivity contribution is -0.385. The van der Waals surface area contributed by atoms with Crippen LogP contribution in [0.1, 0.15) is 29.8 Å². The summed E-state index contributed by atoms with van der Waals surface area (Å²) in [5.74, 6) is -1.15. The van der Waals surface area contributed by atoms with E-state index in [2.05, 4.69) is 0 Å². The van der Waals surface area contributed by atoms with E-state index in [9.17, 15) is 19.7 Å². The van der Waals surface area contributed by atoms with Crippen molar-refractivity contribution in [1.82, 2.24) is 0 Å². The van der Waals surface area contributed by atoms with Gasteiger partial charge in [-0.1, -0.05) is 43.3 Å². The maximum atomic E-state index is 12.3. The maximum Gasteiger partial charge on any atom is 0.344 e. The van der Waals surface area contributed by atoms with Crippen molar-refractivity contribution in [3.8, 4) is 5.75 Å². The highest BCUT2D eigenvalue weighted by atomic mass is 16.6. The van der Waals surface area contributed by atoms with Crippen molar-refractivity contribution >= 4 is 17.4 Å². The molecule has 7 nitrogen and oxygen atoms in total. The van der Waals surface area contributed by atoms with Crippen LogP contribution in [-0.4, -0.2) is 29.4 Å². The molecule has 136 valence electrons. The van der Waals surface area contributed by atoms with Crippen molar-refractivity contribution in [1.29, 1.82) is 0 Å². The van der Waals surface area contributed by atoms with Crippen LogP contribution < -0.4 is 4.74 Å². The van der Waals surface area contributed by atoms with Crippen LogP contribution in [0.25, 0.3) is 0 Å². The van der Waals surface area contributed by atoms with Gasteiger partial charge in [-0.3, -0.25) is 14.9 Å². The first-order valence-electron chi connectivity index (χ1n) is 8.11. The Bertz CT molecular complexity index is 800. The Morgan fingerprint density at radius 3 is 2.38 bits per heavy atom. The second kappa shape index (κ2) is 8.75. The van der Waals surface area contributed by atoms with Crippen LogP contribution in [0.15, 0.2) is 48.5 Å². The molecule has 0 saturated carbocycles. The molecule has 1 atom stereocenters. The molecule has 0 saturated heterocycles. The third-order valence-electron chi connectivity index (χ3n) is 3.73. The van der Waals surface area contributed by atoms with Crippen molar-refractivity contribution in [3.05, 3.63) is 69.8 Å². The first-order valence-corrected chi connectivity index (χ1v) is 8.11. The van der Waals surface area contributed by atoms with Gasteiger partial charge in [0.25, 0.3) is 0 Å².